The summed E-state index contributed by atoms with van der Waals surface area (Å²) in [5.41, 5.74) is 9.98. The number of nitrogens with zero attached hydrogens (tertiary/aromatic N) is 4. The van der Waals surface area contributed by atoms with E-state index in [4.69, 9.17) is 9.47 Å². The van der Waals surface area contributed by atoms with Crippen LogP contribution in [0.2, 0.25) is 0 Å². The molecule has 0 saturated carbocycles. The third kappa shape index (κ3) is 3.00. The monoisotopic (exact) mass is 510 g/mol. The van der Waals surface area contributed by atoms with Crippen molar-refractivity contribution in [1.29, 1.82) is 0 Å². The van der Waals surface area contributed by atoms with E-state index in [0.29, 0.717) is 19.8 Å². The summed E-state index contributed by atoms with van der Waals surface area (Å²) >= 11 is 0. The molecule has 0 spiro atoms. The zero-order valence-electron chi connectivity index (χ0n) is 21.4. The molecule has 7 atom stereocenters. The van der Waals surface area contributed by atoms with Gasteiger partial charge in [0, 0.05) is 23.0 Å². The average molecular weight is 511 g/mol. The SMILES string of the molecule is Cc1cc(C2OC[C@@H]([C@@H]3c4cc(C)ccc4-c4cncn43)[C@@H]2O)c2c(c1)[C@H]([C@H]1COC[C@@H]1O)n1cncc1-2. The number of hydrogen-bond donors (Lipinski definition) is 2. The average Bonchev–Trinajstić information content (AvgIpc) is 3.71. The molecule has 8 heteroatoms. The summed E-state index contributed by atoms with van der Waals surface area (Å²) < 4.78 is 16.5. The van der Waals surface area contributed by atoms with Crippen LogP contribution in [0.25, 0.3) is 22.5 Å². The van der Waals surface area contributed by atoms with E-state index < -0.39 is 18.3 Å². The van der Waals surface area contributed by atoms with E-state index in [1.165, 1.54) is 16.7 Å². The van der Waals surface area contributed by atoms with Crippen molar-refractivity contribution in [2.45, 2.75) is 44.2 Å². The van der Waals surface area contributed by atoms with Crippen molar-refractivity contribution < 1.29 is 19.7 Å². The Bertz CT molecular complexity index is 1570. The lowest BCUT2D eigenvalue weighted by atomic mass is 9.83. The van der Waals surface area contributed by atoms with E-state index in [2.05, 4.69) is 63.3 Å². The van der Waals surface area contributed by atoms with Gasteiger partial charge in [-0.1, -0.05) is 41.5 Å². The molecule has 1 unspecified atom stereocenters. The zero-order chi connectivity index (χ0) is 25.7. The van der Waals surface area contributed by atoms with Crippen LogP contribution in [0, 0.1) is 25.7 Å². The minimum atomic E-state index is -0.705. The molecular weight excluding hydrogens is 480 g/mol. The lowest BCUT2D eigenvalue weighted by Crippen LogP contribution is -2.29. The quantitative estimate of drug-likeness (QED) is 0.438. The molecule has 4 aromatic rings. The maximum atomic E-state index is 11.9. The zero-order valence-corrected chi connectivity index (χ0v) is 21.4. The van der Waals surface area contributed by atoms with Gasteiger partial charge in [0.1, 0.15) is 6.10 Å². The maximum absolute atomic E-state index is 11.9. The summed E-state index contributed by atoms with van der Waals surface area (Å²) in [5.74, 6) is -0.182. The second-order valence-corrected chi connectivity index (χ2v) is 11.3. The third-order valence-corrected chi connectivity index (χ3v) is 9.08. The van der Waals surface area contributed by atoms with Crippen LogP contribution in [0.4, 0.5) is 0 Å². The summed E-state index contributed by atoms with van der Waals surface area (Å²) in [4.78, 5) is 8.88. The van der Waals surface area contributed by atoms with Crippen molar-refractivity contribution >= 4 is 0 Å². The Labute approximate surface area is 220 Å². The van der Waals surface area contributed by atoms with Crippen molar-refractivity contribution in [3.05, 3.63) is 83.2 Å². The number of aliphatic hydroxyl groups is 2. The van der Waals surface area contributed by atoms with Gasteiger partial charge in [0.2, 0.25) is 0 Å². The Morgan fingerprint density at radius 2 is 1.50 bits per heavy atom. The minimum absolute atomic E-state index is 0.0377. The highest BCUT2D eigenvalue weighted by Gasteiger charge is 2.48. The van der Waals surface area contributed by atoms with Crippen LogP contribution in [-0.2, 0) is 9.47 Å². The topological polar surface area (TPSA) is 94.6 Å². The van der Waals surface area contributed by atoms with Crippen molar-refractivity contribution in [3.63, 3.8) is 0 Å². The van der Waals surface area contributed by atoms with Crippen LogP contribution in [0.5, 0.6) is 0 Å². The number of fused-ring (bicyclic) bond motifs is 6. The summed E-state index contributed by atoms with van der Waals surface area (Å²) in [6, 6.07) is 10.8. The Hall–Kier alpha value is -3.30. The van der Waals surface area contributed by atoms with Crippen LogP contribution in [0.1, 0.15) is 46.0 Å². The van der Waals surface area contributed by atoms with Gasteiger partial charge >= 0.3 is 0 Å². The van der Waals surface area contributed by atoms with Crippen LogP contribution in [0.3, 0.4) is 0 Å². The highest BCUT2D eigenvalue weighted by Crippen LogP contribution is 2.53. The van der Waals surface area contributed by atoms with Gasteiger partial charge in [0.05, 0.1) is 80.5 Å². The minimum Gasteiger partial charge on any atom is -0.390 e. The molecule has 6 heterocycles. The Morgan fingerprint density at radius 1 is 0.789 bits per heavy atom. The third-order valence-electron chi connectivity index (χ3n) is 9.08. The molecule has 194 valence electrons. The highest BCUT2D eigenvalue weighted by atomic mass is 16.5. The fourth-order valence-corrected chi connectivity index (χ4v) is 7.43. The fraction of sp³-hybridized carbons (Fsp3) is 0.400. The molecule has 2 fully saturated rings. The molecule has 2 N–H and O–H groups in total. The van der Waals surface area contributed by atoms with Gasteiger partial charge in [-0.2, -0.15) is 0 Å². The Morgan fingerprint density at radius 3 is 2.29 bits per heavy atom. The van der Waals surface area contributed by atoms with Gasteiger partial charge in [0.25, 0.3) is 0 Å². The Kier molecular flexibility index (Phi) is 4.83. The standard InChI is InChI=1S/C30H30N4O4/c1-15-3-4-17-18(5-15)27(33-13-31-8-23(17)33)22-11-38-30(29(22)36)20-7-16(2)6-19-26(20)24-9-32-14-34(24)28(19)21-10-37-12-25(21)35/h3-9,13-14,21-22,25,27-30,35-36H,10-12H2,1-2H3/t21-,22-,25-,27-,28+,29-,30?/m0/s1. The second-order valence-electron chi connectivity index (χ2n) is 11.3. The van der Waals surface area contributed by atoms with E-state index >= 15 is 0 Å². The number of aromatic nitrogens is 4. The Balaban J connectivity index is 1.21. The number of aryl methyl sites for hydroxylation is 2. The molecular formula is C30H30N4O4. The van der Waals surface area contributed by atoms with E-state index in [-0.39, 0.29) is 23.9 Å². The van der Waals surface area contributed by atoms with E-state index in [9.17, 15) is 10.2 Å². The first kappa shape index (κ1) is 22.7. The molecule has 2 aromatic heterocycles. The molecule has 0 amide bonds. The molecule has 0 bridgehead atoms. The lowest BCUT2D eigenvalue weighted by molar-refractivity contribution is 0.0366. The van der Waals surface area contributed by atoms with Crippen LogP contribution in [-0.4, -0.2) is 61.3 Å². The van der Waals surface area contributed by atoms with Gasteiger partial charge in [-0.05, 0) is 30.5 Å². The van der Waals surface area contributed by atoms with Gasteiger partial charge < -0.3 is 28.8 Å². The van der Waals surface area contributed by atoms with Crippen LogP contribution < -0.4 is 0 Å². The van der Waals surface area contributed by atoms with E-state index in [0.717, 1.165) is 33.6 Å². The molecule has 4 aliphatic heterocycles. The van der Waals surface area contributed by atoms with Crippen molar-refractivity contribution in [2.24, 2.45) is 11.8 Å². The largest absolute Gasteiger partial charge is 0.390 e. The number of benzene rings is 2. The molecule has 0 aliphatic carbocycles. The summed E-state index contributed by atoms with van der Waals surface area (Å²) in [6.07, 6.45) is 5.80. The van der Waals surface area contributed by atoms with Crippen molar-refractivity contribution in [2.75, 3.05) is 19.8 Å². The number of imidazole rings is 2. The van der Waals surface area contributed by atoms with Crippen LogP contribution >= 0.6 is 0 Å². The number of ether oxygens (including phenoxy) is 2. The van der Waals surface area contributed by atoms with E-state index in [1.807, 2.05) is 25.0 Å². The van der Waals surface area contributed by atoms with Crippen molar-refractivity contribution in [3.8, 4) is 22.5 Å². The van der Waals surface area contributed by atoms with Gasteiger partial charge in [0.15, 0.2) is 0 Å². The number of hydrogen-bond acceptors (Lipinski definition) is 6. The lowest BCUT2D eigenvalue weighted by Gasteiger charge is -2.27. The van der Waals surface area contributed by atoms with Crippen molar-refractivity contribution in [1.82, 2.24) is 19.1 Å². The summed E-state index contributed by atoms with van der Waals surface area (Å²) in [5, 5.41) is 22.6. The predicted molar refractivity (Wildman–Crippen MR) is 140 cm³/mol. The second kappa shape index (κ2) is 8.10. The smallest absolute Gasteiger partial charge is 0.109 e. The van der Waals surface area contributed by atoms with Gasteiger partial charge in [-0.25, -0.2) is 9.97 Å². The normalized spacial score (nSPS) is 30.9. The molecule has 0 radical (unpaired) electrons. The molecule has 38 heavy (non-hydrogen) atoms. The van der Waals surface area contributed by atoms with Gasteiger partial charge in [-0.15, -0.1) is 0 Å². The predicted octanol–water partition coefficient (Wildman–Crippen LogP) is 3.59. The first-order valence-electron chi connectivity index (χ1n) is 13.4. The molecule has 8 rings (SSSR count). The maximum Gasteiger partial charge on any atom is 0.109 e. The molecule has 2 saturated heterocycles. The van der Waals surface area contributed by atoms with E-state index in [1.54, 1.807) is 0 Å². The first-order valence-corrected chi connectivity index (χ1v) is 13.4. The molecule has 2 aromatic carbocycles. The van der Waals surface area contributed by atoms with Crippen LogP contribution in [0.15, 0.2) is 55.4 Å². The van der Waals surface area contributed by atoms with Gasteiger partial charge in [-0.3, -0.25) is 0 Å². The first-order chi connectivity index (χ1) is 18.5. The fourth-order valence-electron chi connectivity index (χ4n) is 7.43. The summed E-state index contributed by atoms with van der Waals surface area (Å²) in [6.45, 7) is 5.49. The number of rotatable bonds is 3. The molecule has 4 aliphatic rings. The highest BCUT2D eigenvalue weighted by molar-refractivity contribution is 5.75. The summed E-state index contributed by atoms with van der Waals surface area (Å²) in [7, 11) is 0. The number of aliphatic hydroxyl groups excluding tert-OH is 2. The molecule has 8 nitrogen and oxygen atoms in total.